The predicted octanol–water partition coefficient (Wildman–Crippen LogP) is 5.27. The van der Waals surface area contributed by atoms with Crippen molar-refractivity contribution < 1.29 is 13.9 Å². The number of ether oxygens (including phenoxy) is 2. The van der Waals surface area contributed by atoms with Crippen LogP contribution in [-0.4, -0.2) is 38.3 Å². The topological polar surface area (TPSA) is 46.6 Å². The average molecular weight is 436 g/mol. The standard InChI is InChI=1S/C26H30FN3O2/c1-16-7-8-23(20(27)13-16)30-11-9-17(10-12-30)28-26-18-5-4-6-21(18)29-22-15-25(32-3)24(31-2)14-19(22)26/h7-8,13-15,17H,4-6,9-12H2,1-3H3,(H,28,29). The van der Waals surface area contributed by atoms with Crippen molar-refractivity contribution in [3.63, 3.8) is 0 Å². The quantitative estimate of drug-likeness (QED) is 0.592. The van der Waals surface area contributed by atoms with Gasteiger partial charge in [0.2, 0.25) is 0 Å². The smallest absolute Gasteiger partial charge is 0.162 e. The van der Waals surface area contributed by atoms with Crippen LogP contribution in [0.1, 0.15) is 36.1 Å². The number of aryl methyl sites for hydroxylation is 2. The van der Waals surface area contributed by atoms with Crippen molar-refractivity contribution in [1.82, 2.24) is 4.98 Å². The molecule has 1 saturated heterocycles. The van der Waals surface area contributed by atoms with Gasteiger partial charge in [0.1, 0.15) is 5.82 Å². The molecule has 5 rings (SSSR count). The Morgan fingerprint density at radius 3 is 2.50 bits per heavy atom. The number of halogens is 1. The van der Waals surface area contributed by atoms with Crippen molar-refractivity contribution in [2.24, 2.45) is 0 Å². The SMILES string of the molecule is COc1cc2nc3c(c(NC4CCN(c5ccc(C)cc5F)CC4)c2cc1OC)CCC3. The van der Waals surface area contributed by atoms with Crippen LogP contribution in [0.15, 0.2) is 30.3 Å². The van der Waals surface area contributed by atoms with Crippen LogP contribution >= 0.6 is 0 Å². The number of methoxy groups -OCH3 is 2. The second-order valence-corrected chi connectivity index (χ2v) is 8.85. The third-order valence-corrected chi connectivity index (χ3v) is 6.80. The average Bonchev–Trinajstić information content (AvgIpc) is 3.27. The molecule has 6 heteroatoms. The molecular formula is C26H30FN3O2. The molecule has 168 valence electrons. The number of nitrogens with zero attached hydrogens (tertiary/aromatic N) is 2. The lowest BCUT2D eigenvalue weighted by molar-refractivity contribution is 0.356. The summed E-state index contributed by atoms with van der Waals surface area (Å²) in [5, 5.41) is 4.93. The van der Waals surface area contributed by atoms with Crippen molar-refractivity contribution in [3.8, 4) is 11.5 Å². The number of piperidine rings is 1. The lowest BCUT2D eigenvalue weighted by atomic mass is 10.0. The summed E-state index contributed by atoms with van der Waals surface area (Å²) in [6, 6.07) is 9.86. The van der Waals surface area contributed by atoms with Crippen LogP contribution in [0.2, 0.25) is 0 Å². The van der Waals surface area contributed by atoms with Crippen LogP contribution in [0, 0.1) is 12.7 Å². The normalized spacial score (nSPS) is 16.3. The van der Waals surface area contributed by atoms with Gasteiger partial charge in [-0.3, -0.25) is 4.98 Å². The first kappa shape index (κ1) is 20.9. The largest absolute Gasteiger partial charge is 0.493 e. The van der Waals surface area contributed by atoms with E-state index in [2.05, 4.69) is 10.2 Å². The number of aromatic nitrogens is 1. The summed E-state index contributed by atoms with van der Waals surface area (Å²) >= 11 is 0. The Morgan fingerprint density at radius 2 is 1.78 bits per heavy atom. The Labute approximate surface area is 188 Å². The second-order valence-electron chi connectivity index (χ2n) is 8.85. The molecule has 1 fully saturated rings. The highest BCUT2D eigenvalue weighted by atomic mass is 19.1. The van der Waals surface area contributed by atoms with E-state index in [1.54, 1.807) is 20.3 Å². The van der Waals surface area contributed by atoms with Crippen molar-refractivity contribution in [1.29, 1.82) is 0 Å². The summed E-state index contributed by atoms with van der Waals surface area (Å²) < 4.78 is 25.5. The molecule has 1 N–H and O–H groups in total. The Balaban J connectivity index is 1.42. The second kappa shape index (κ2) is 8.49. The molecule has 1 aromatic heterocycles. The number of nitrogens with one attached hydrogen (secondary N) is 1. The van der Waals surface area contributed by atoms with Crippen LogP contribution in [0.5, 0.6) is 11.5 Å². The van der Waals surface area contributed by atoms with E-state index >= 15 is 0 Å². The number of pyridine rings is 1. The molecule has 1 aliphatic carbocycles. The molecule has 2 aliphatic rings. The van der Waals surface area contributed by atoms with Gasteiger partial charge >= 0.3 is 0 Å². The van der Waals surface area contributed by atoms with E-state index in [0.717, 1.165) is 61.7 Å². The minimum atomic E-state index is -0.129. The zero-order valence-electron chi connectivity index (χ0n) is 19.0. The van der Waals surface area contributed by atoms with E-state index in [0.29, 0.717) is 23.2 Å². The maximum absolute atomic E-state index is 14.5. The van der Waals surface area contributed by atoms with Gasteiger partial charge in [0, 0.05) is 42.0 Å². The Morgan fingerprint density at radius 1 is 1.03 bits per heavy atom. The third kappa shape index (κ3) is 3.72. The van der Waals surface area contributed by atoms with Gasteiger partial charge in [0.15, 0.2) is 11.5 Å². The minimum Gasteiger partial charge on any atom is -0.493 e. The van der Waals surface area contributed by atoms with Gasteiger partial charge in [-0.05, 0) is 68.4 Å². The van der Waals surface area contributed by atoms with Crippen LogP contribution < -0.4 is 19.7 Å². The fourth-order valence-corrected chi connectivity index (χ4v) is 5.09. The first-order valence-corrected chi connectivity index (χ1v) is 11.4. The number of hydrogen-bond acceptors (Lipinski definition) is 5. The van der Waals surface area contributed by atoms with Crippen molar-refractivity contribution in [2.75, 3.05) is 37.5 Å². The van der Waals surface area contributed by atoms with E-state index in [1.165, 1.54) is 16.9 Å². The Hall–Kier alpha value is -3.02. The summed E-state index contributed by atoms with van der Waals surface area (Å²) in [5.74, 6) is 1.28. The van der Waals surface area contributed by atoms with Crippen molar-refractivity contribution in [2.45, 2.75) is 45.1 Å². The van der Waals surface area contributed by atoms with Crippen LogP contribution in [0.25, 0.3) is 10.9 Å². The van der Waals surface area contributed by atoms with E-state index in [-0.39, 0.29) is 5.82 Å². The highest BCUT2D eigenvalue weighted by molar-refractivity contribution is 5.96. The summed E-state index contributed by atoms with van der Waals surface area (Å²) in [7, 11) is 3.32. The Kier molecular flexibility index (Phi) is 5.53. The molecule has 0 unspecified atom stereocenters. The van der Waals surface area contributed by atoms with E-state index in [4.69, 9.17) is 14.5 Å². The number of hydrogen-bond donors (Lipinski definition) is 1. The van der Waals surface area contributed by atoms with Gasteiger partial charge in [0.05, 0.1) is 25.4 Å². The molecule has 2 heterocycles. The molecule has 5 nitrogen and oxygen atoms in total. The highest BCUT2D eigenvalue weighted by Crippen LogP contribution is 2.40. The summed E-state index contributed by atoms with van der Waals surface area (Å²) in [4.78, 5) is 7.10. The van der Waals surface area contributed by atoms with Gasteiger partial charge in [-0.2, -0.15) is 0 Å². The molecule has 0 saturated carbocycles. The lowest BCUT2D eigenvalue weighted by Gasteiger charge is -2.35. The summed E-state index contributed by atoms with van der Waals surface area (Å²) in [6.07, 6.45) is 5.10. The first-order valence-electron chi connectivity index (χ1n) is 11.4. The molecule has 0 spiro atoms. The van der Waals surface area contributed by atoms with Crippen LogP contribution in [0.4, 0.5) is 15.8 Å². The number of fused-ring (bicyclic) bond motifs is 2. The van der Waals surface area contributed by atoms with Crippen LogP contribution in [-0.2, 0) is 12.8 Å². The highest BCUT2D eigenvalue weighted by Gasteiger charge is 2.26. The predicted molar refractivity (Wildman–Crippen MR) is 127 cm³/mol. The van der Waals surface area contributed by atoms with Crippen LogP contribution in [0.3, 0.4) is 0 Å². The van der Waals surface area contributed by atoms with Gasteiger partial charge in [-0.1, -0.05) is 6.07 Å². The van der Waals surface area contributed by atoms with Crippen molar-refractivity contribution >= 4 is 22.3 Å². The molecule has 0 amide bonds. The van der Waals surface area contributed by atoms with Gasteiger partial charge < -0.3 is 19.7 Å². The molecule has 3 aromatic rings. The molecule has 0 bridgehead atoms. The zero-order valence-corrected chi connectivity index (χ0v) is 19.0. The zero-order chi connectivity index (χ0) is 22.2. The first-order chi connectivity index (χ1) is 15.6. The van der Waals surface area contributed by atoms with Gasteiger partial charge in [0.25, 0.3) is 0 Å². The molecule has 1 aliphatic heterocycles. The molecule has 0 atom stereocenters. The van der Waals surface area contributed by atoms with Gasteiger partial charge in [-0.25, -0.2) is 4.39 Å². The fraction of sp³-hybridized carbons (Fsp3) is 0.423. The monoisotopic (exact) mass is 435 g/mol. The molecule has 2 aromatic carbocycles. The summed E-state index contributed by atoms with van der Waals surface area (Å²) in [5.41, 5.74) is 6.30. The molecular weight excluding hydrogens is 405 g/mol. The Bertz CT molecular complexity index is 1160. The summed E-state index contributed by atoms with van der Waals surface area (Å²) in [6.45, 7) is 3.59. The number of anilines is 2. The van der Waals surface area contributed by atoms with E-state index in [1.807, 2.05) is 31.2 Å². The maximum Gasteiger partial charge on any atom is 0.162 e. The van der Waals surface area contributed by atoms with E-state index in [9.17, 15) is 4.39 Å². The lowest BCUT2D eigenvalue weighted by Crippen LogP contribution is -2.39. The third-order valence-electron chi connectivity index (χ3n) is 6.80. The fourth-order valence-electron chi connectivity index (χ4n) is 5.09. The van der Waals surface area contributed by atoms with Crippen molar-refractivity contribution in [3.05, 3.63) is 53.0 Å². The maximum atomic E-state index is 14.5. The molecule has 32 heavy (non-hydrogen) atoms. The minimum absolute atomic E-state index is 0.129. The molecule has 0 radical (unpaired) electrons. The van der Waals surface area contributed by atoms with E-state index < -0.39 is 0 Å². The number of benzene rings is 2. The van der Waals surface area contributed by atoms with Gasteiger partial charge in [-0.15, -0.1) is 0 Å². The number of rotatable bonds is 5.